The van der Waals surface area contributed by atoms with Crippen molar-refractivity contribution in [2.24, 2.45) is 0 Å². The molecule has 0 saturated heterocycles. The van der Waals surface area contributed by atoms with Crippen molar-refractivity contribution >= 4 is 5.69 Å². The molecular weight excluding hydrogens is 262 g/mol. The third-order valence-electron chi connectivity index (χ3n) is 4.23. The lowest BCUT2D eigenvalue weighted by molar-refractivity contribution is 0.116. The van der Waals surface area contributed by atoms with Crippen LogP contribution >= 0.6 is 0 Å². The summed E-state index contributed by atoms with van der Waals surface area (Å²) in [6.45, 7) is 1.64. The lowest BCUT2D eigenvalue weighted by Gasteiger charge is -2.26. The van der Waals surface area contributed by atoms with Gasteiger partial charge in [0.2, 0.25) is 0 Å². The summed E-state index contributed by atoms with van der Waals surface area (Å²) in [5.41, 5.74) is 2.42. The van der Waals surface area contributed by atoms with E-state index in [0.717, 1.165) is 44.5 Å². The van der Waals surface area contributed by atoms with Crippen molar-refractivity contribution in [2.45, 2.75) is 50.8 Å². The quantitative estimate of drug-likeness (QED) is 0.843. The number of rotatable bonds is 6. The molecule has 0 unspecified atom stereocenters. The van der Waals surface area contributed by atoms with Gasteiger partial charge in [-0.2, -0.15) is 5.26 Å². The first-order chi connectivity index (χ1) is 10.2. The Hall–Kier alpha value is -1.57. The Morgan fingerprint density at radius 1 is 1.24 bits per heavy atom. The van der Waals surface area contributed by atoms with Crippen LogP contribution in [0.25, 0.3) is 0 Å². The van der Waals surface area contributed by atoms with Gasteiger partial charge in [-0.05, 0) is 43.4 Å². The van der Waals surface area contributed by atoms with Gasteiger partial charge >= 0.3 is 0 Å². The Kier molecular flexibility index (Phi) is 6.04. The van der Waals surface area contributed by atoms with Crippen LogP contribution < -0.4 is 10.2 Å². The van der Waals surface area contributed by atoms with Crippen LogP contribution in [0.1, 0.15) is 37.7 Å². The van der Waals surface area contributed by atoms with Gasteiger partial charge in [0, 0.05) is 31.9 Å². The third-order valence-corrected chi connectivity index (χ3v) is 4.23. The highest BCUT2D eigenvalue weighted by atomic mass is 16.3. The molecule has 114 valence electrons. The molecule has 1 aromatic rings. The zero-order chi connectivity index (χ0) is 15.1. The van der Waals surface area contributed by atoms with E-state index in [0.29, 0.717) is 12.5 Å². The molecule has 1 aliphatic rings. The SMILES string of the molecule is CN(CCC#N)c1ccc(CNC2CCC(O)CC2)cc1. The summed E-state index contributed by atoms with van der Waals surface area (Å²) in [6, 6.07) is 11.2. The highest BCUT2D eigenvalue weighted by molar-refractivity contribution is 5.46. The maximum atomic E-state index is 9.50. The van der Waals surface area contributed by atoms with Crippen molar-refractivity contribution in [3.05, 3.63) is 29.8 Å². The molecule has 1 saturated carbocycles. The molecule has 0 aliphatic heterocycles. The van der Waals surface area contributed by atoms with Gasteiger partial charge in [0.05, 0.1) is 18.6 Å². The van der Waals surface area contributed by atoms with Crippen LogP contribution in [0.2, 0.25) is 0 Å². The van der Waals surface area contributed by atoms with Crippen LogP contribution in [-0.4, -0.2) is 30.8 Å². The van der Waals surface area contributed by atoms with Crippen molar-refractivity contribution in [3.8, 4) is 6.07 Å². The predicted octanol–water partition coefficient (Wildman–Crippen LogP) is 2.43. The van der Waals surface area contributed by atoms with E-state index in [1.165, 1.54) is 5.56 Å². The Morgan fingerprint density at radius 2 is 1.90 bits per heavy atom. The third kappa shape index (κ3) is 5.04. The molecule has 1 aromatic carbocycles. The first-order valence-electron chi connectivity index (χ1n) is 7.77. The second-order valence-corrected chi connectivity index (χ2v) is 5.88. The molecule has 2 rings (SSSR count). The fourth-order valence-corrected chi connectivity index (χ4v) is 2.76. The first kappa shape index (κ1) is 15.8. The average Bonchev–Trinajstić information content (AvgIpc) is 2.52. The molecule has 1 fully saturated rings. The standard InChI is InChI=1S/C17H25N3O/c1-20(12-2-11-18)16-7-3-14(4-8-16)13-19-15-5-9-17(21)10-6-15/h3-4,7-8,15,17,19,21H,2,5-6,9-10,12-13H2,1H3. The van der Waals surface area contributed by atoms with E-state index in [-0.39, 0.29) is 6.10 Å². The Balaban J connectivity index is 1.78. The normalized spacial score (nSPS) is 21.8. The summed E-state index contributed by atoms with van der Waals surface area (Å²) in [6.07, 6.45) is 4.42. The summed E-state index contributed by atoms with van der Waals surface area (Å²) in [5.74, 6) is 0. The van der Waals surface area contributed by atoms with E-state index >= 15 is 0 Å². The van der Waals surface area contributed by atoms with E-state index in [1.807, 2.05) is 7.05 Å². The number of aliphatic hydroxyl groups excluding tert-OH is 1. The van der Waals surface area contributed by atoms with Crippen LogP contribution in [-0.2, 0) is 6.54 Å². The minimum atomic E-state index is -0.0914. The number of nitriles is 1. The van der Waals surface area contributed by atoms with E-state index in [2.05, 4.69) is 40.6 Å². The summed E-state index contributed by atoms with van der Waals surface area (Å²) in [4.78, 5) is 2.10. The predicted molar refractivity (Wildman–Crippen MR) is 85.0 cm³/mol. The molecule has 4 heteroatoms. The van der Waals surface area contributed by atoms with Crippen LogP contribution in [0.15, 0.2) is 24.3 Å². The van der Waals surface area contributed by atoms with Gasteiger partial charge in [-0.15, -0.1) is 0 Å². The number of hydrogen-bond donors (Lipinski definition) is 2. The van der Waals surface area contributed by atoms with Gasteiger partial charge in [-0.3, -0.25) is 0 Å². The highest BCUT2D eigenvalue weighted by Gasteiger charge is 2.18. The average molecular weight is 287 g/mol. The molecule has 0 spiro atoms. The molecule has 2 N–H and O–H groups in total. The molecule has 1 aliphatic carbocycles. The zero-order valence-corrected chi connectivity index (χ0v) is 12.8. The van der Waals surface area contributed by atoms with Crippen molar-refractivity contribution in [2.75, 3.05) is 18.5 Å². The number of hydrogen-bond acceptors (Lipinski definition) is 4. The first-order valence-corrected chi connectivity index (χ1v) is 7.77. The van der Waals surface area contributed by atoms with Crippen molar-refractivity contribution < 1.29 is 5.11 Å². The molecule has 0 heterocycles. The fraction of sp³-hybridized carbons (Fsp3) is 0.588. The van der Waals surface area contributed by atoms with Gasteiger partial charge in [-0.1, -0.05) is 12.1 Å². The largest absolute Gasteiger partial charge is 0.393 e. The van der Waals surface area contributed by atoms with Gasteiger partial charge in [0.25, 0.3) is 0 Å². The maximum absolute atomic E-state index is 9.50. The smallest absolute Gasteiger partial charge is 0.0640 e. The van der Waals surface area contributed by atoms with Gasteiger partial charge in [0.1, 0.15) is 0 Å². The number of aliphatic hydroxyl groups is 1. The lowest BCUT2D eigenvalue weighted by Crippen LogP contribution is -2.34. The molecule has 0 bridgehead atoms. The Morgan fingerprint density at radius 3 is 2.52 bits per heavy atom. The minimum Gasteiger partial charge on any atom is -0.393 e. The molecule has 21 heavy (non-hydrogen) atoms. The molecule has 4 nitrogen and oxygen atoms in total. The lowest BCUT2D eigenvalue weighted by atomic mass is 9.93. The summed E-state index contributed by atoms with van der Waals surface area (Å²) >= 11 is 0. The van der Waals surface area contributed by atoms with Gasteiger partial charge < -0.3 is 15.3 Å². The van der Waals surface area contributed by atoms with Crippen LogP contribution in [0.4, 0.5) is 5.69 Å². The maximum Gasteiger partial charge on any atom is 0.0640 e. The van der Waals surface area contributed by atoms with E-state index in [9.17, 15) is 5.11 Å². The zero-order valence-electron chi connectivity index (χ0n) is 12.8. The topological polar surface area (TPSA) is 59.3 Å². The fourth-order valence-electron chi connectivity index (χ4n) is 2.76. The molecule has 0 aromatic heterocycles. The summed E-state index contributed by atoms with van der Waals surface area (Å²) in [7, 11) is 2.01. The van der Waals surface area contributed by atoms with Crippen molar-refractivity contribution in [3.63, 3.8) is 0 Å². The number of nitrogens with zero attached hydrogens (tertiary/aromatic N) is 2. The van der Waals surface area contributed by atoms with Crippen molar-refractivity contribution in [1.82, 2.24) is 5.32 Å². The number of benzene rings is 1. The van der Waals surface area contributed by atoms with Gasteiger partial charge in [-0.25, -0.2) is 0 Å². The monoisotopic (exact) mass is 287 g/mol. The van der Waals surface area contributed by atoms with E-state index < -0.39 is 0 Å². The molecule has 0 amide bonds. The molecule has 0 radical (unpaired) electrons. The van der Waals surface area contributed by atoms with E-state index in [4.69, 9.17) is 5.26 Å². The summed E-state index contributed by atoms with van der Waals surface area (Å²) in [5, 5.41) is 21.7. The van der Waals surface area contributed by atoms with Crippen molar-refractivity contribution in [1.29, 1.82) is 5.26 Å². The number of nitrogens with one attached hydrogen (secondary N) is 1. The van der Waals surface area contributed by atoms with Crippen LogP contribution in [0.5, 0.6) is 0 Å². The summed E-state index contributed by atoms with van der Waals surface area (Å²) < 4.78 is 0. The van der Waals surface area contributed by atoms with Crippen LogP contribution in [0, 0.1) is 11.3 Å². The minimum absolute atomic E-state index is 0.0914. The van der Waals surface area contributed by atoms with Crippen LogP contribution in [0.3, 0.4) is 0 Å². The second kappa shape index (κ2) is 8.02. The van der Waals surface area contributed by atoms with Gasteiger partial charge in [0.15, 0.2) is 0 Å². The molecular formula is C17H25N3O. The van der Waals surface area contributed by atoms with E-state index in [1.54, 1.807) is 0 Å². The molecule has 0 atom stereocenters. The second-order valence-electron chi connectivity index (χ2n) is 5.88. The Bertz CT molecular complexity index is 458. The highest BCUT2D eigenvalue weighted by Crippen LogP contribution is 2.19. The number of anilines is 1. The Labute approximate surface area is 127 Å².